The van der Waals surface area contributed by atoms with Crippen LogP contribution in [0.5, 0.6) is 0 Å². The molecular weight excluding hydrogens is 102 g/mol. The van der Waals surface area contributed by atoms with Crippen molar-refractivity contribution in [3.8, 4) is 0 Å². The molecule has 2 nitrogen and oxygen atoms in total. The number of hydrogen-bond donors (Lipinski definition) is 2. The number of nitrogens with two attached hydrogens (primary N) is 1. The number of aliphatic hydroxyl groups is 1. The van der Waals surface area contributed by atoms with Crippen LogP contribution in [0.15, 0.2) is 0 Å². The summed E-state index contributed by atoms with van der Waals surface area (Å²) >= 11 is 0. The molecule has 3 saturated carbocycles. The van der Waals surface area contributed by atoms with E-state index < -0.39 is 0 Å². The Bertz CT molecular complexity index is 93.1. The lowest BCUT2D eigenvalue weighted by Crippen LogP contribution is -2.53. The molecule has 0 aliphatic heterocycles. The van der Waals surface area contributed by atoms with Gasteiger partial charge >= 0.3 is 0 Å². The van der Waals surface area contributed by atoms with Gasteiger partial charge in [0, 0.05) is 17.9 Å². The standard InChI is InChI=1S/C6H11NO/c7-5-3-1-2-4(5)6(3)8/h3-6,8H,1-2,7H2. The second-order valence-corrected chi connectivity index (χ2v) is 2.97. The molecule has 0 spiro atoms. The van der Waals surface area contributed by atoms with Crippen molar-refractivity contribution in [2.45, 2.75) is 25.0 Å². The van der Waals surface area contributed by atoms with Gasteiger partial charge in [-0.3, -0.25) is 0 Å². The first-order chi connectivity index (χ1) is 3.80. The molecule has 2 heteroatoms. The van der Waals surface area contributed by atoms with E-state index in [9.17, 15) is 0 Å². The predicted octanol–water partition coefficient (Wildman–Crippen LogP) is -0.286. The quantitative estimate of drug-likeness (QED) is 0.453. The molecule has 0 aromatic carbocycles. The van der Waals surface area contributed by atoms with E-state index in [4.69, 9.17) is 10.8 Å². The third-order valence-corrected chi connectivity index (χ3v) is 2.70. The molecule has 0 heterocycles. The predicted molar refractivity (Wildman–Crippen MR) is 30.2 cm³/mol. The van der Waals surface area contributed by atoms with Gasteiger partial charge in [-0.1, -0.05) is 0 Å². The molecule has 2 unspecified atom stereocenters. The lowest BCUT2D eigenvalue weighted by Gasteiger charge is -2.38. The Morgan fingerprint density at radius 1 is 1.25 bits per heavy atom. The molecule has 3 rings (SSSR count). The maximum atomic E-state index is 9.14. The first kappa shape index (κ1) is 4.77. The van der Waals surface area contributed by atoms with Gasteiger partial charge in [-0.2, -0.15) is 0 Å². The minimum atomic E-state index is -0.0370. The number of fused-ring (bicyclic) bond motifs is 1. The highest BCUT2D eigenvalue weighted by Gasteiger charge is 2.52. The fourth-order valence-corrected chi connectivity index (χ4v) is 2.06. The summed E-state index contributed by atoms with van der Waals surface area (Å²) in [6, 6.07) is 0.338. The molecule has 2 bridgehead atoms. The van der Waals surface area contributed by atoms with E-state index in [1.54, 1.807) is 0 Å². The lowest BCUT2D eigenvalue weighted by atomic mass is 9.76. The molecule has 0 aromatic heterocycles. The highest BCUT2D eigenvalue weighted by atomic mass is 16.3. The maximum Gasteiger partial charge on any atom is 0.0626 e. The Kier molecular flexibility index (Phi) is 0.746. The van der Waals surface area contributed by atoms with Crippen LogP contribution in [-0.2, 0) is 0 Å². The van der Waals surface area contributed by atoms with Crippen molar-refractivity contribution in [1.29, 1.82) is 0 Å². The summed E-state index contributed by atoms with van der Waals surface area (Å²) in [5.74, 6) is 0.917. The zero-order chi connectivity index (χ0) is 5.72. The van der Waals surface area contributed by atoms with Crippen LogP contribution in [-0.4, -0.2) is 17.3 Å². The van der Waals surface area contributed by atoms with Crippen molar-refractivity contribution in [3.05, 3.63) is 0 Å². The molecule has 3 aliphatic rings. The summed E-state index contributed by atoms with van der Waals surface area (Å²) in [5.41, 5.74) is 5.66. The van der Waals surface area contributed by atoms with Crippen molar-refractivity contribution in [2.75, 3.05) is 0 Å². The smallest absolute Gasteiger partial charge is 0.0626 e. The monoisotopic (exact) mass is 113 g/mol. The van der Waals surface area contributed by atoms with Gasteiger partial charge in [0.25, 0.3) is 0 Å². The van der Waals surface area contributed by atoms with Crippen LogP contribution in [0.3, 0.4) is 0 Å². The molecule has 8 heavy (non-hydrogen) atoms. The molecule has 3 N–H and O–H groups in total. The zero-order valence-electron chi connectivity index (χ0n) is 4.75. The van der Waals surface area contributed by atoms with Gasteiger partial charge in [-0.25, -0.2) is 0 Å². The van der Waals surface area contributed by atoms with Crippen molar-refractivity contribution in [2.24, 2.45) is 17.6 Å². The summed E-state index contributed by atoms with van der Waals surface area (Å²) in [4.78, 5) is 0. The van der Waals surface area contributed by atoms with Gasteiger partial charge in [0.15, 0.2) is 0 Å². The number of aliphatic hydroxyl groups excluding tert-OH is 1. The van der Waals surface area contributed by atoms with Gasteiger partial charge in [-0.05, 0) is 12.8 Å². The molecule has 2 atom stereocenters. The van der Waals surface area contributed by atoms with E-state index >= 15 is 0 Å². The van der Waals surface area contributed by atoms with E-state index in [2.05, 4.69) is 0 Å². The number of hydrogen-bond acceptors (Lipinski definition) is 2. The molecule has 0 radical (unpaired) electrons. The van der Waals surface area contributed by atoms with Gasteiger partial charge in [0.05, 0.1) is 6.10 Å². The number of rotatable bonds is 0. The third-order valence-electron chi connectivity index (χ3n) is 2.70. The first-order valence-corrected chi connectivity index (χ1v) is 3.24. The second-order valence-electron chi connectivity index (χ2n) is 2.97. The minimum Gasteiger partial charge on any atom is -0.392 e. The molecule has 3 fully saturated rings. The van der Waals surface area contributed by atoms with Crippen molar-refractivity contribution in [1.82, 2.24) is 0 Å². The molecule has 0 amide bonds. The molecular formula is C6H11NO. The van der Waals surface area contributed by atoms with E-state index in [1.165, 1.54) is 0 Å². The topological polar surface area (TPSA) is 46.2 Å². The van der Waals surface area contributed by atoms with Crippen LogP contribution in [0, 0.1) is 11.8 Å². The summed E-state index contributed by atoms with van der Waals surface area (Å²) in [6.07, 6.45) is 2.28. The highest BCUT2D eigenvalue weighted by molar-refractivity contribution is 5.06. The maximum absolute atomic E-state index is 9.14. The zero-order valence-corrected chi connectivity index (χ0v) is 4.75. The Morgan fingerprint density at radius 2 is 1.75 bits per heavy atom. The average Bonchev–Trinajstić information content (AvgIpc) is 2.26. The van der Waals surface area contributed by atoms with Gasteiger partial charge in [0.2, 0.25) is 0 Å². The van der Waals surface area contributed by atoms with E-state index in [0.29, 0.717) is 17.9 Å². The van der Waals surface area contributed by atoms with E-state index in [1.807, 2.05) is 0 Å². The van der Waals surface area contributed by atoms with Gasteiger partial charge in [-0.15, -0.1) is 0 Å². The molecule has 0 aromatic rings. The van der Waals surface area contributed by atoms with Gasteiger partial charge in [0.1, 0.15) is 0 Å². The minimum absolute atomic E-state index is 0.0370. The van der Waals surface area contributed by atoms with Crippen molar-refractivity contribution >= 4 is 0 Å². The summed E-state index contributed by atoms with van der Waals surface area (Å²) in [5, 5.41) is 9.14. The van der Waals surface area contributed by atoms with Crippen LogP contribution >= 0.6 is 0 Å². The van der Waals surface area contributed by atoms with E-state index in [-0.39, 0.29) is 6.10 Å². The van der Waals surface area contributed by atoms with E-state index in [0.717, 1.165) is 12.8 Å². The Morgan fingerprint density at radius 3 is 1.88 bits per heavy atom. The molecule has 0 saturated heterocycles. The largest absolute Gasteiger partial charge is 0.392 e. The van der Waals surface area contributed by atoms with Crippen molar-refractivity contribution < 1.29 is 5.11 Å². The second kappa shape index (κ2) is 1.25. The fourth-order valence-electron chi connectivity index (χ4n) is 2.06. The highest BCUT2D eigenvalue weighted by Crippen LogP contribution is 2.47. The summed E-state index contributed by atoms with van der Waals surface area (Å²) < 4.78 is 0. The van der Waals surface area contributed by atoms with Crippen LogP contribution in [0.2, 0.25) is 0 Å². The Labute approximate surface area is 48.7 Å². The van der Waals surface area contributed by atoms with Crippen LogP contribution < -0.4 is 5.73 Å². The van der Waals surface area contributed by atoms with Crippen LogP contribution in [0.25, 0.3) is 0 Å². The van der Waals surface area contributed by atoms with Crippen LogP contribution in [0.1, 0.15) is 12.8 Å². The first-order valence-electron chi connectivity index (χ1n) is 3.24. The Balaban J connectivity index is 2.15. The SMILES string of the molecule is NC1C2CCC1C2O. The average molecular weight is 113 g/mol. The van der Waals surface area contributed by atoms with Crippen molar-refractivity contribution in [3.63, 3.8) is 0 Å². The fraction of sp³-hybridized carbons (Fsp3) is 1.00. The van der Waals surface area contributed by atoms with Crippen LogP contribution in [0.4, 0.5) is 0 Å². The summed E-state index contributed by atoms with van der Waals surface area (Å²) in [7, 11) is 0. The van der Waals surface area contributed by atoms with Gasteiger partial charge < -0.3 is 10.8 Å². The Hall–Kier alpha value is -0.0800. The normalized spacial score (nSPS) is 60.8. The molecule has 46 valence electrons. The molecule has 3 aliphatic carbocycles. The third kappa shape index (κ3) is 0.327. The summed E-state index contributed by atoms with van der Waals surface area (Å²) in [6.45, 7) is 0. The lowest BCUT2D eigenvalue weighted by molar-refractivity contribution is -0.0111.